The van der Waals surface area contributed by atoms with Gasteiger partial charge in [0.2, 0.25) is 0 Å². The molecule has 4 nitrogen and oxygen atoms in total. The van der Waals surface area contributed by atoms with Crippen LogP contribution in [-0.2, 0) is 24.2 Å². The average Bonchev–Trinajstić information content (AvgIpc) is 3.01. The Bertz CT molecular complexity index is 462. The molecular weight excluding hydrogens is 226 g/mol. The van der Waals surface area contributed by atoms with Crippen LogP contribution in [0.5, 0.6) is 0 Å². The summed E-state index contributed by atoms with van der Waals surface area (Å²) in [5.41, 5.74) is 3.89. The molecule has 4 rings (SSSR count). The third-order valence-electron chi connectivity index (χ3n) is 4.36. The lowest BCUT2D eigenvalue weighted by molar-refractivity contribution is 0.0268. The molecule has 2 bridgehead atoms. The van der Waals surface area contributed by atoms with E-state index in [0.717, 1.165) is 39.2 Å². The van der Waals surface area contributed by atoms with E-state index >= 15 is 0 Å². The van der Waals surface area contributed by atoms with Gasteiger partial charge in [-0.05, 0) is 18.1 Å². The van der Waals surface area contributed by atoms with Gasteiger partial charge >= 0.3 is 0 Å². The lowest BCUT2D eigenvalue weighted by Crippen LogP contribution is -2.36. The Hall–Kier alpha value is -0.970. The molecule has 0 radical (unpaired) electrons. The topological polar surface area (TPSA) is 37.4 Å². The first-order valence-corrected chi connectivity index (χ1v) is 6.92. The second-order valence-electron chi connectivity index (χ2n) is 5.61. The van der Waals surface area contributed by atoms with Crippen molar-refractivity contribution in [3.05, 3.63) is 29.1 Å². The summed E-state index contributed by atoms with van der Waals surface area (Å²) in [6.45, 7) is 5.03. The van der Waals surface area contributed by atoms with E-state index in [9.17, 15) is 0 Å². The number of fused-ring (bicyclic) bond motifs is 3. The predicted molar refractivity (Wildman–Crippen MR) is 68.2 cm³/mol. The zero-order valence-electron chi connectivity index (χ0n) is 10.6. The molecule has 4 heterocycles. The lowest BCUT2D eigenvalue weighted by Gasteiger charge is -2.26. The summed E-state index contributed by atoms with van der Waals surface area (Å²) in [7, 11) is 0. The monoisotopic (exact) mass is 245 g/mol. The number of nitrogens with one attached hydrogen (secondary N) is 1. The Labute approximate surface area is 107 Å². The van der Waals surface area contributed by atoms with Crippen LogP contribution in [0.15, 0.2) is 12.1 Å². The molecular formula is C14H19N3O. The molecule has 1 N–H and O–H groups in total. The van der Waals surface area contributed by atoms with E-state index < -0.39 is 0 Å². The third kappa shape index (κ3) is 1.85. The minimum atomic E-state index is 0.483. The molecule has 2 fully saturated rings. The predicted octanol–water partition coefficient (Wildman–Crippen LogP) is 0.700. The molecule has 2 saturated heterocycles. The highest BCUT2D eigenvalue weighted by atomic mass is 16.5. The molecule has 0 aromatic carbocycles. The molecule has 0 saturated carbocycles. The summed E-state index contributed by atoms with van der Waals surface area (Å²) < 4.78 is 5.64. The SMILES string of the molecule is c1cc2c(nc1CN1C[C@H]3C[C@@H]1CO3)CCNC2. The van der Waals surface area contributed by atoms with Crippen LogP contribution in [0, 0.1) is 0 Å². The molecule has 18 heavy (non-hydrogen) atoms. The minimum absolute atomic E-state index is 0.483. The fraction of sp³-hybridized carbons (Fsp3) is 0.643. The van der Waals surface area contributed by atoms with Crippen LogP contribution in [-0.4, -0.2) is 41.7 Å². The van der Waals surface area contributed by atoms with Crippen molar-refractivity contribution in [2.75, 3.05) is 19.7 Å². The largest absolute Gasteiger partial charge is 0.375 e. The summed E-state index contributed by atoms with van der Waals surface area (Å²) in [6.07, 6.45) is 2.77. The van der Waals surface area contributed by atoms with E-state index in [0.29, 0.717) is 12.1 Å². The molecule has 3 aliphatic heterocycles. The Balaban J connectivity index is 1.51. The van der Waals surface area contributed by atoms with Crippen LogP contribution < -0.4 is 5.32 Å². The van der Waals surface area contributed by atoms with Crippen LogP contribution in [0.2, 0.25) is 0 Å². The van der Waals surface area contributed by atoms with Crippen LogP contribution in [0.4, 0.5) is 0 Å². The number of ether oxygens (including phenoxy) is 1. The van der Waals surface area contributed by atoms with Gasteiger partial charge in [0.1, 0.15) is 0 Å². The van der Waals surface area contributed by atoms with E-state index in [-0.39, 0.29) is 0 Å². The highest BCUT2D eigenvalue weighted by Crippen LogP contribution is 2.29. The first kappa shape index (κ1) is 10.9. The molecule has 0 aliphatic carbocycles. The normalized spacial score (nSPS) is 30.7. The van der Waals surface area contributed by atoms with Crippen molar-refractivity contribution in [2.45, 2.75) is 38.1 Å². The van der Waals surface area contributed by atoms with Crippen molar-refractivity contribution in [3.63, 3.8) is 0 Å². The number of hydrogen-bond acceptors (Lipinski definition) is 4. The van der Waals surface area contributed by atoms with Crippen molar-refractivity contribution in [2.24, 2.45) is 0 Å². The van der Waals surface area contributed by atoms with Gasteiger partial charge in [0.25, 0.3) is 0 Å². The molecule has 0 amide bonds. The van der Waals surface area contributed by atoms with E-state index in [2.05, 4.69) is 22.3 Å². The zero-order valence-corrected chi connectivity index (χ0v) is 10.6. The summed E-state index contributed by atoms with van der Waals surface area (Å²) in [4.78, 5) is 7.37. The molecule has 0 unspecified atom stereocenters. The molecule has 1 aromatic heterocycles. The number of pyridine rings is 1. The van der Waals surface area contributed by atoms with Crippen molar-refractivity contribution >= 4 is 0 Å². The Kier molecular flexibility index (Phi) is 2.60. The first-order chi connectivity index (χ1) is 8.88. The van der Waals surface area contributed by atoms with Gasteiger partial charge < -0.3 is 10.1 Å². The summed E-state index contributed by atoms with van der Waals surface area (Å²) in [5, 5.41) is 3.39. The van der Waals surface area contributed by atoms with Gasteiger partial charge in [0.15, 0.2) is 0 Å². The molecule has 0 spiro atoms. The van der Waals surface area contributed by atoms with Crippen LogP contribution in [0.25, 0.3) is 0 Å². The number of rotatable bonds is 2. The van der Waals surface area contributed by atoms with E-state index in [1.54, 1.807) is 0 Å². The maximum absolute atomic E-state index is 5.64. The van der Waals surface area contributed by atoms with Gasteiger partial charge in [-0.1, -0.05) is 6.07 Å². The quantitative estimate of drug-likeness (QED) is 0.832. The molecule has 3 aliphatic rings. The van der Waals surface area contributed by atoms with Crippen LogP contribution >= 0.6 is 0 Å². The highest BCUT2D eigenvalue weighted by Gasteiger charge is 2.38. The zero-order chi connectivity index (χ0) is 11.9. The minimum Gasteiger partial charge on any atom is -0.375 e. The van der Waals surface area contributed by atoms with E-state index in [1.165, 1.54) is 23.4 Å². The Morgan fingerprint density at radius 3 is 3.28 bits per heavy atom. The van der Waals surface area contributed by atoms with Gasteiger partial charge in [-0.2, -0.15) is 0 Å². The second-order valence-corrected chi connectivity index (χ2v) is 5.61. The Morgan fingerprint density at radius 2 is 2.44 bits per heavy atom. The first-order valence-electron chi connectivity index (χ1n) is 6.92. The fourth-order valence-electron chi connectivity index (χ4n) is 3.35. The maximum Gasteiger partial charge on any atom is 0.0718 e. The summed E-state index contributed by atoms with van der Waals surface area (Å²) >= 11 is 0. The van der Waals surface area contributed by atoms with E-state index in [4.69, 9.17) is 9.72 Å². The standard InChI is InChI=1S/C14H19N3O/c1-2-11(16-14-3-4-15-6-10(1)14)7-17-8-13-5-12(17)9-18-13/h1-2,12-13,15H,3-9H2/t12-,13-/m1/s1. The molecule has 96 valence electrons. The smallest absolute Gasteiger partial charge is 0.0718 e. The van der Waals surface area contributed by atoms with E-state index in [1.807, 2.05) is 0 Å². The van der Waals surface area contributed by atoms with Crippen LogP contribution in [0.1, 0.15) is 23.4 Å². The number of hydrogen-bond donors (Lipinski definition) is 1. The second kappa shape index (κ2) is 4.30. The molecule has 4 heteroatoms. The van der Waals surface area contributed by atoms with Crippen molar-refractivity contribution < 1.29 is 4.74 Å². The third-order valence-corrected chi connectivity index (χ3v) is 4.36. The number of morpholine rings is 1. The lowest BCUT2D eigenvalue weighted by atomic mass is 10.1. The Morgan fingerprint density at radius 1 is 1.44 bits per heavy atom. The number of likely N-dealkylation sites (tertiary alicyclic amines) is 1. The molecule has 1 aromatic rings. The fourth-order valence-corrected chi connectivity index (χ4v) is 3.35. The average molecular weight is 245 g/mol. The van der Waals surface area contributed by atoms with Crippen molar-refractivity contribution in [1.82, 2.24) is 15.2 Å². The summed E-state index contributed by atoms with van der Waals surface area (Å²) in [5.74, 6) is 0. The van der Waals surface area contributed by atoms with Crippen molar-refractivity contribution in [3.8, 4) is 0 Å². The van der Waals surface area contributed by atoms with Gasteiger partial charge in [-0.3, -0.25) is 9.88 Å². The number of nitrogens with zero attached hydrogens (tertiary/aromatic N) is 2. The van der Waals surface area contributed by atoms with Gasteiger partial charge in [-0.25, -0.2) is 0 Å². The van der Waals surface area contributed by atoms with Crippen molar-refractivity contribution in [1.29, 1.82) is 0 Å². The van der Waals surface area contributed by atoms with Crippen LogP contribution in [0.3, 0.4) is 0 Å². The molecule has 2 atom stereocenters. The highest BCUT2D eigenvalue weighted by molar-refractivity contribution is 5.25. The van der Waals surface area contributed by atoms with Gasteiger partial charge in [0.05, 0.1) is 18.4 Å². The summed E-state index contributed by atoms with van der Waals surface area (Å²) in [6, 6.07) is 5.07. The maximum atomic E-state index is 5.64. The van der Waals surface area contributed by atoms with Gasteiger partial charge in [0, 0.05) is 44.3 Å². The number of aromatic nitrogens is 1. The van der Waals surface area contributed by atoms with Gasteiger partial charge in [-0.15, -0.1) is 0 Å².